The second kappa shape index (κ2) is 2.87. The summed E-state index contributed by atoms with van der Waals surface area (Å²) >= 11 is 0. The zero-order chi connectivity index (χ0) is 10.3. The van der Waals surface area contributed by atoms with Crippen LogP contribution in [-0.2, 0) is 4.74 Å². The van der Waals surface area contributed by atoms with Gasteiger partial charge >= 0.3 is 6.09 Å². The number of fused-ring (bicyclic) bond motifs is 1. The van der Waals surface area contributed by atoms with Crippen LogP contribution in [0.15, 0.2) is 24.3 Å². The van der Waals surface area contributed by atoms with E-state index in [0.717, 1.165) is 0 Å². The predicted octanol–water partition coefficient (Wildman–Crippen LogP) is 2.10. The van der Waals surface area contributed by atoms with Gasteiger partial charge in [0.25, 0.3) is 0 Å². The molecule has 2 rings (SSSR count). The second-order valence-electron chi connectivity index (χ2n) is 4.65. The molecule has 14 heavy (non-hydrogen) atoms. The van der Waals surface area contributed by atoms with Crippen molar-refractivity contribution < 1.29 is 9.53 Å². The summed E-state index contributed by atoms with van der Waals surface area (Å²) in [6.07, 6.45) is 7.49. The van der Waals surface area contributed by atoms with E-state index in [4.69, 9.17) is 4.74 Å². The number of allylic oxidation sites excluding steroid dienone is 2. The Hall–Kier alpha value is -1.25. The van der Waals surface area contributed by atoms with Crippen molar-refractivity contribution in [2.24, 2.45) is 0 Å². The molecule has 3 nitrogen and oxygen atoms in total. The zero-order valence-electron chi connectivity index (χ0n) is 8.73. The fourth-order valence-corrected chi connectivity index (χ4v) is 1.93. The lowest BCUT2D eigenvalue weighted by Crippen LogP contribution is -2.47. The quantitative estimate of drug-likeness (QED) is 0.589. The number of ether oxygens (including phenoxy) is 1. The maximum atomic E-state index is 11.6. The first kappa shape index (κ1) is 9.31. The summed E-state index contributed by atoms with van der Waals surface area (Å²) in [5.41, 5.74) is -0.188. The molecule has 0 N–H and O–H groups in total. The van der Waals surface area contributed by atoms with Crippen LogP contribution in [0.1, 0.15) is 20.8 Å². The number of carbonyl (C=O) groups is 1. The molecule has 1 heterocycles. The number of carbonyl (C=O) groups excluding carboxylic acids is 1. The fraction of sp³-hybridized carbons (Fsp3) is 0.545. The van der Waals surface area contributed by atoms with Gasteiger partial charge in [-0.15, -0.1) is 0 Å². The van der Waals surface area contributed by atoms with E-state index in [1.165, 1.54) is 0 Å². The number of hydrogen-bond acceptors (Lipinski definition) is 2. The largest absolute Gasteiger partial charge is 0.439 e. The predicted molar refractivity (Wildman–Crippen MR) is 53.9 cm³/mol. The Labute approximate surface area is 84.0 Å². The first-order valence-corrected chi connectivity index (χ1v) is 4.85. The highest BCUT2D eigenvalue weighted by molar-refractivity contribution is 5.73. The van der Waals surface area contributed by atoms with E-state index in [1.54, 1.807) is 4.90 Å². The minimum Gasteiger partial charge on any atom is -0.439 e. The Morgan fingerprint density at radius 2 is 1.93 bits per heavy atom. The van der Waals surface area contributed by atoms with Crippen molar-refractivity contribution in [1.82, 2.24) is 4.90 Å². The van der Waals surface area contributed by atoms with E-state index >= 15 is 0 Å². The SMILES string of the molecule is CC(C)(C)N1C(=O)O[C@@H]2C=CC=C[C@@H]21. The average Bonchev–Trinajstić information content (AvgIpc) is 2.38. The molecule has 0 spiro atoms. The summed E-state index contributed by atoms with van der Waals surface area (Å²) in [5, 5.41) is 0. The maximum absolute atomic E-state index is 11.6. The van der Waals surface area contributed by atoms with Crippen LogP contribution in [0.5, 0.6) is 0 Å². The summed E-state index contributed by atoms with van der Waals surface area (Å²) in [4.78, 5) is 13.4. The third-order valence-electron chi connectivity index (χ3n) is 2.51. The molecule has 0 bridgehead atoms. The van der Waals surface area contributed by atoms with E-state index in [0.29, 0.717) is 0 Å². The third kappa shape index (κ3) is 1.33. The smallest absolute Gasteiger partial charge is 0.411 e. The van der Waals surface area contributed by atoms with Gasteiger partial charge in [-0.2, -0.15) is 0 Å². The van der Waals surface area contributed by atoms with Crippen LogP contribution in [0, 0.1) is 0 Å². The lowest BCUT2D eigenvalue weighted by atomic mass is 9.99. The van der Waals surface area contributed by atoms with Gasteiger partial charge in [0.2, 0.25) is 0 Å². The molecule has 2 atom stereocenters. The van der Waals surface area contributed by atoms with Crippen molar-refractivity contribution in [3.8, 4) is 0 Å². The highest BCUT2D eigenvalue weighted by Gasteiger charge is 2.44. The van der Waals surface area contributed by atoms with E-state index in [-0.39, 0.29) is 23.8 Å². The highest BCUT2D eigenvalue weighted by Crippen LogP contribution is 2.30. The normalized spacial score (nSPS) is 30.5. The molecule has 0 aromatic heterocycles. The maximum Gasteiger partial charge on any atom is 0.411 e. The van der Waals surface area contributed by atoms with Gasteiger partial charge in [0.1, 0.15) is 6.10 Å². The van der Waals surface area contributed by atoms with E-state index in [2.05, 4.69) is 0 Å². The minimum absolute atomic E-state index is 0.0625. The second-order valence-corrected chi connectivity index (χ2v) is 4.65. The average molecular weight is 193 g/mol. The lowest BCUT2D eigenvalue weighted by molar-refractivity contribution is 0.124. The molecule has 0 radical (unpaired) electrons. The van der Waals surface area contributed by atoms with Crippen LogP contribution in [-0.4, -0.2) is 28.7 Å². The molecule has 1 aliphatic carbocycles. The van der Waals surface area contributed by atoms with Crippen LogP contribution >= 0.6 is 0 Å². The van der Waals surface area contributed by atoms with Gasteiger partial charge in [-0.3, -0.25) is 4.90 Å². The van der Waals surface area contributed by atoms with E-state index < -0.39 is 0 Å². The highest BCUT2D eigenvalue weighted by atomic mass is 16.6. The summed E-state index contributed by atoms with van der Waals surface area (Å²) in [7, 11) is 0. The Morgan fingerprint density at radius 3 is 2.57 bits per heavy atom. The topological polar surface area (TPSA) is 29.5 Å². The molecular formula is C11H15NO2. The van der Waals surface area contributed by atoms with Gasteiger partial charge in [0.15, 0.2) is 0 Å². The van der Waals surface area contributed by atoms with Crippen LogP contribution in [0.2, 0.25) is 0 Å². The lowest BCUT2D eigenvalue weighted by Gasteiger charge is -2.34. The van der Waals surface area contributed by atoms with Gasteiger partial charge in [-0.05, 0) is 26.8 Å². The van der Waals surface area contributed by atoms with Gasteiger partial charge in [0, 0.05) is 5.54 Å². The molecule has 3 heteroatoms. The van der Waals surface area contributed by atoms with Gasteiger partial charge in [-0.1, -0.05) is 18.2 Å². The Morgan fingerprint density at radius 1 is 1.29 bits per heavy atom. The summed E-state index contributed by atoms with van der Waals surface area (Å²) < 4.78 is 5.25. The Bertz CT molecular complexity index is 312. The third-order valence-corrected chi connectivity index (χ3v) is 2.51. The van der Waals surface area contributed by atoms with Gasteiger partial charge in [-0.25, -0.2) is 4.79 Å². The molecule has 1 aliphatic heterocycles. The van der Waals surface area contributed by atoms with Crippen molar-refractivity contribution >= 4 is 6.09 Å². The number of amides is 1. The van der Waals surface area contributed by atoms with Crippen molar-refractivity contribution in [2.45, 2.75) is 38.5 Å². The zero-order valence-corrected chi connectivity index (χ0v) is 8.73. The van der Waals surface area contributed by atoms with Crippen LogP contribution in [0.25, 0.3) is 0 Å². The van der Waals surface area contributed by atoms with Crippen molar-refractivity contribution in [2.75, 3.05) is 0 Å². The minimum atomic E-state index is -0.219. The molecule has 76 valence electrons. The number of nitrogens with zero attached hydrogens (tertiary/aromatic N) is 1. The standard InChI is InChI=1S/C11H15NO2/c1-11(2,3)12-8-6-4-5-7-9(8)14-10(12)13/h4-9H,1-3H3/t8-,9+/m0/s1. The van der Waals surface area contributed by atoms with Crippen LogP contribution in [0.4, 0.5) is 4.79 Å². The molecule has 0 aromatic carbocycles. The van der Waals surface area contributed by atoms with E-state index in [9.17, 15) is 4.79 Å². The summed E-state index contributed by atoms with van der Waals surface area (Å²) in [5.74, 6) is 0. The van der Waals surface area contributed by atoms with Crippen molar-refractivity contribution in [3.63, 3.8) is 0 Å². The number of hydrogen-bond donors (Lipinski definition) is 0. The van der Waals surface area contributed by atoms with Crippen LogP contribution < -0.4 is 0 Å². The van der Waals surface area contributed by atoms with Gasteiger partial charge in [0.05, 0.1) is 6.04 Å². The molecular weight excluding hydrogens is 178 g/mol. The molecule has 1 amide bonds. The van der Waals surface area contributed by atoms with Crippen LogP contribution in [0.3, 0.4) is 0 Å². The van der Waals surface area contributed by atoms with Crippen molar-refractivity contribution in [1.29, 1.82) is 0 Å². The first-order valence-electron chi connectivity index (χ1n) is 4.85. The fourth-order valence-electron chi connectivity index (χ4n) is 1.93. The molecule has 0 unspecified atom stereocenters. The molecule has 0 aromatic rings. The molecule has 2 aliphatic rings. The Balaban J connectivity index is 2.30. The monoisotopic (exact) mass is 193 g/mol. The molecule has 1 saturated heterocycles. The summed E-state index contributed by atoms with van der Waals surface area (Å²) in [6, 6.07) is 0.0625. The summed E-state index contributed by atoms with van der Waals surface area (Å²) in [6.45, 7) is 6.05. The number of rotatable bonds is 0. The molecule has 0 saturated carbocycles. The first-order chi connectivity index (χ1) is 6.50. The van der Waals surface area contributed by atoms with E-state index in [1.807, 2.05) is 45.1 Å². The Kier molecular flexibility index (Phi) is 1.91. The molecule has 1 fully saturated rings. The van der Waals surface area contributed by atoms with Gasteiger partial charge < -0.3 is 4.74 Å². The van der Waals surface area contributed by atoms with Crippen molar-refractivity contribution in [3.05, 3.63) is 24.3 Å².